The standard InChI is InChI=1S/C17H16N4O/c1-12-7-9-13(10-8-12)17(22)19-15-6-4-3-5-14(15)16-20-18-11-21(16)2/h3-11H,1-2H3,(H,19,22). The van der Waals surface area contributed by atoms with Crippen molar-refractivity contribution in [2.45, 2.75) is 6.92 Å². The third kappa shape index (κ3) is 2.74. The van der Waals surface area contributed by atoms with E-state index in [1.54, 1.807) is 6.33 Å². The Morgan fingerprint density at radius 1 is 1.09 bits per heavy atom. The maximum absolute atomic E-state index is 12.4. The summed E-state index contributed by atoms with van der Waals surface area (Å²) in [5, 5.41) is 10.9. The third-order valence-corrected chi connectivity index (χ3v) is 3.44. The Morgan fingerprint density at radius 3 is 2.50 bits per heavy atom. The number of aromatic nitrogens is 3. The van der Waals surface area contributed by atoms with Gasteiger partial charge < -0.3 is 9.88 Å². The van der Waals surface area contributed by atoms with Gasteiger partial charge in [-0.25, -0.2) is 0 Å². The number of rotatable bonds is 3. The van der Waals surface area contributed by atoms with Gasteiger partial charge in [0.25, 0.3) is 5.91 Å². The van der Waals surface area contributed by atoms with E-state index in [-0.39, 0.29) is 5.91 Å². The first-order valence-corrected chi connectivity index (χ1v) is 6.96. The van der Waals surface area contributed by atoms with Gasteiger partial charge in [0, 0.05) is 18.2 Å². The third-order valence-electron chi connectivity index (χ3n) is 3.44. The zero-order valence-corrected chi connectivity index (χ0v) is 12.4. The van der Waals surface area contributed by atoms with Crippen LogP contribution in [0.15, 0.2) is 54.9 Å². The number of hydrogen-bond acceptors (Lipinski definition) is 3. The molecule has 1 heterocycles. The monoisotopic (exact) mass is 292 g/mol. The maximum Gasteiger partial charge on any atom is 0.255 e. The predicted octanol–water partition coefficient (Wildman–Crippen LogP) is 3.04. The molecular weight excluding hydrogens is 276 g/mol. The lowest BCUT2D eigenvalue weighted by atomic mass is 10.1. The number of para-hydroxylation sites is 1. The number of carbonyl (C=O) groups is 1. The second-order valence-corrected chi connectivity index (χ2v) is 5.13. The van der Waals surface area contributed by atoms with E-state index >= 15 is 0 Å². The Morgan fingerprint density at radius 2 is 1.82 bits per heavy atom. The van der Waals surface area contributed by atoms with Gasteiger partial charge in [0.15, 0.2) is 5.82 Å². The van der Waals surface area contributed by atoms with Crippen molar-refractivity contribution in [2.75, 3.05) is 5.32 Å². The van der Waals surface area contributed by atoms with E-state index in [1.165, 1.54) is 0 Å². The van der Waals surface area contributed by atoms with E-state index in [9.17, 15) is 4.79 Å². The Bertz CT molecular complexity index is 806. The average molecular weight is 292 g/mol. The topological polar surface area (TPSA) is 59.8 Å². The van der Waals surface area contributed by atoms with Crippen LogP contribution in [-0.2, 0) is 7.05 Å². The molecule has 0 bridgehead atoms. The number of anilines is 1. The Hall–Kier alpha value is -2.95. The van der Waals surface area contributed by atoms with Crippen LogP contribution in [0.2, 0.25) is 0 Å². The van der Waals surface area contributed by atoms with Crippen LogP contribution < -0.4 is 5.32 Å². The summed E-state index contributed by atoms with van der Waals surface area (Å²) < 4.78 is 1.82. The molecule has 0 unspecified atom stereocenters. The van der Waals surface area contributed by atoms with Crippen molar-refractivity contribution in [2.24, 2.45) is 7.05 Å². The lowest BCUT2D eigenvalue weighted by molar-refractivity contribution is 0.102. The Kier molecular flexibility index (Phi) is 3.70. The molecule has 3 aromatic rings. The highest BCUT2D eigenvalue weighted by molar-refractivity contribution is 6.06. The molecule has 22 heavy (non-hydrogen) atoms. The minimum atomic E-state index is -0.144. The number of carbonyl (C=O) groups excluding carboxylic acids is 1. The van der Waals surface area contributed by atoms with Crippen LogP contribution in [0.3, 0.4) is 0 Å². The molecule has 0 spiro atoms. The van der Waals surface area contributed by atoms with Crippen LogP contribution in [0.5, 0.6) is 0 Å². The summed E-state index contributed by atoms with van der Waals surface area (Å²) >= 11 is 0. The zero-order chi connectivity index (χ0) is 15.5. The van der Waals surface area contributed by atoms with Crippen LogP contribution in [0.1, 0.15) is 15.9 Å². The lowest BCUT2D eigenvalue weighted by Crippen LogP contribution is -2.13. The molecule has 0 saturated heterocycles. The molecule has 0 aliphatic heterocycles. The van der Waals surface area contributed by atoms with Crippen molar-refractivity contribution in [3.05, 3.63) is 66.0 Å². The summed E-state index contributed by atoms with van der Waals surface area (Å²) in [5.41, 5.74) is 3.29. The van der Waals surface area contributed by atoms with Crippen LogP contribution in [0.4, 0.5) is 5.69 Å². The second kappa shape index (κ2) is 5.81. The van der Waals surface area contributed by atoms with E-state index in [0.29, 0.717) is 17.1 Å². The molecule has 0 radical (unpaired) electrons. The first kappa shape index (κ1) is 14.0. The summed E-state index contributed by atoms with van der Waals surface area (Å²) in [5.74, 6) is 0.564. The maximum atomic E-state index is 12.4. The van der Waals surface area contributed by atoms with Crippen LogP contribution in [0, 0.1) is 6.92 Å². The Labute approximate surface area is 128 Å². The molecule has 0 aliphatic carbocycles. The molecule has 110 valence electrons. The van der Waals surface area contributed by atoms with Crippen molar-refractivity contribution in [1.82, 2.24) is 14.8 Å². The molecule has 0 saturated carbocycles. The zero-order valence-electron chi connectivity index (χ0n) is 12.4. The summed E-state index contributed by atoms with van der Waals surface area (Å²) in [6.45, 7) is 1.99. The SMILES string of the molecule is Cc1ccc(C(=O)Nc2ccccc2-c2nncn2C)cc1. The lowest BCUT2D eigenvalue weighted by Gasteiger charge is -2.10. The van der Waals surface area contributed by atoms with Crippen molar-refractivity contribution < 1.29 is 4.79 Å². The second-order valence-electron chi connectivity index (χ2n) is 5.13. The predicted molar refractivity (Wildman–Crippen MR) is 85.6 cm³/mol. The molecule has 0 fully saturated rings. The molecule has 1 aromatic heterocycles. The summed E-state index contributed by atoms with van der Waals surface area (Å²) in [4.78, 5) is 12.4. The van der Waals surface area contributed by atoms with E-state index in [2.05, 4.69) is 15.5 Å². The number of nitrogens with zero attached hydrogens (tertiary/aromatic N) is 3. The van der Waals surface area contributed by atoms with Gasteiger partial charge in [0.1, 0.15) is 6.33 Å². The van der Waals surface area contributed by atoms with Crippen LogP contribution in [-0.4, -0.2) is 20.7 Å². The highest BCUT2D eigenvalue weighted by atomic mass is 16.1. The highest BCUT2D eigenvalue weighted by Crippen LogP contribution is 2.26. The normalized spacial score (nSPS) is 10.5. The first-order valence-electron chi connectivity index (χ1n) is 6.96. The average Bonchev–Trinajstić information content (AvgIpc) is 2.94. The van der Waals surface area contributed by atoms with Crippen molar-refractivity contribution in [1.29, 1.82) is 0 Å². The molecule has 3 rings (SSSR count). The number of amides is 1. The van der Waals surface area contributed by atoms with Crippen LogP contribution in [0.25, 0.3) is 11.4 Å². The molecule has 0 atom stereocenters. The molecule has 1 N–H and O–H groups in total. The fourth-order valence-electron chi connectivity index (χ4n) is 2.21. The van der Waals surface area contributed by atoms with Crippen molar-refractivity contribution >= 4 is 11.6 Å². The fraction of sp³-hybridized carbons (Fsp3) is 0.118. The molecule has 0 aliphatic rings. The van der Waals surface area contributed by atoms with Gasteiger partial charge in [0.2, 0.25) is 0 Å². The highest BCUT2D eigenvalue weighted by Gasteiger charge is 2.13. The van der Waals surface area contributed by atoms with Crippen LogP contribution >= 0.6 is 0 Å². The molecule has 5 heteroatoms. The van der Waals surface area contributed by atoms with E-state index in [4.69, 9.17) is 0 Å². The number of hydrogen-bond donors (Lipinski definition) is 1. The molecule has 5 nitrogen and oxygen atoms in total. The quantitative estimate of drug-likeness (QED) is 0.807. The number of benzene rings is 2. The van der Waals surface area contributed by atoms with Gasteiger partial charge in [-0.2, -0.15) is 0 Å². The van der Waals surface area contributed by atoms with Gasteiger partial charge in [-0.15, -0.1) is 10.2 Å². The summed E-state index contributed by atoms with van der Waals surface area (Å²) in [6, 6.07) is 15.0. The van der Waals surface area contributed by atoms with E-state index in [1.807, 2.05) is 67.1 Å². The Balaban J connectivity index is 1.91. The van der Waals surface area contributed by atoms with E-state index in [0.717, 1.165) is 11.1 Å². The smallest absolute Gasteiger partial charge is 0.255 e. The largest absolute Gasteiger partial charge is 0.321 e. The molecule has 2 aromatic carbocycles. The van der Waals surface area contributed by atoms with Gasteiger partial charge in [-0.05, 0) is 31.2 Å². The first-order chi connectivity index (χ1) is 10.6. The van der Waals surface area contributed by atoms with E-state index < -0.39 is 0 Å². The summed E-state index contributed by atoms with van der Waals surface area (Å²) in [7, 11) is 1.87. The minimum absolute atomic E-state index is 0.144. The summed E-state index contributed by atoms with van der Waals surface area (Å²) in [6.07, 6.45) is 1.63. The van der Waals surface area contributed by atoms with Crippen molar-refractivity contribution in [3.63, 3.8) is 0 Å². The van der Waals surface area contributed by atoms with Gasteiger partial charge in [0.05, 0.1) is 5.69 Å². The minimum Gasteiger partial charge on any atom is -0.321 e. The molecule has 1 amide bonds. The number of aryl methyl sites for hydroxylation is 2. The number of nitrogens with one attached hydrogen (secondary N) is 1. The van der Waals surface area contributed by atoms with Gasteiger partial charge >= 0.3 is 0 Å². The van der Waals surface area contributed by atoms with Gasteiger partial charge in [-0.1, -0.05) is 29.8 Å². The van der Waals surface area contributed by atoms with Gasteiger partial charge in [-0.3, -0.25) is 4.79 Å². The molecular formula is C17H16N4O. The fourth-order valence-corrected chi connectivity index (χ4v) is 2.21. The van der Waals surface area contributed by atoms with Crippen molar-refractivity contribution in [3.8, 4) is 11.4 Å².